The van der Waals surface area contributed by atoms with Crippen LogP contribution in [0.3, 0.4) is 0 Å². The molecule has 4 N–H and O–H groups in total. The molecule has 1 saturated heterocycles. The Labute approximate surface area is 427 Å². The van der Waals surface area contributed by atoms with Gasteiger partial charge >= 0.3 is 6.09 Å². The fraction of sp³-hybridized carbons (Fsp3) is 0.649. The molecule has 2 heterocycles. The van der Waals surface area contributed by atoms with Crippen LogP contribution in [0.1, 0.15) is 163 Å². The number of nitriles is 1. The van der Waals surface area contributed by atoms with Gasteiger partial charge in [0.25, 0.3) is 5.91 Å². The molecule has 2 aliphatic heterocycles. The molecule has 1 saturated carbocycles. The van der Waals surface area contributed by atoms with Gasteiger partial charge in [0.05, 0.1) is 56.3 Å². The van der Waals surface area contributed by atoms with E-state index >= 15 is 4.79 Å². The molecule has 0 bridgehead atoms. The molecule has 6 rings (SSSR count). The molecule has 2 fully saturated rings. The minimum atomic E-state index is -1.56. The topological polar surface area (TPSA) is 202 Å². The van der Waals surface area contributed by atoms with Crippen molar-refractivity contribution in [2.45, 2.75) is 159 Å². The Balaban J connectivity index is 1.43. The zero-order valence-corrected chi connectivity index (χ0v) is 42.8. The number of carbonyl (C=O) groups is 2. The lowest BCUT2D eigenvalue weighted by molar-refractivity contribution is -0.255. The van der Waals surface area contributed by atoms with E-state index in [0.717, 1.165) is 68.9 Å². The zero-order chi connectivity index (χ0) is 51.0. The fourth-order valence-electron chi connectivity index (χ4n) is 11.2. The Hall–Kier alpha value is -4.82. The number of ether oxygens (including phenoxy) is 5. The molecule has 2 aromatic rings. The highest BCUT2D eigenvalue weighted by atomic mass is 16.8. The van der Waals surface area contributed by atoms with Gasteiger partial charge < -0.3 is 54.1 Å². The maximum Gasteiger partial charge on any atom is 0.412 e. The van der Waals surface area contributed by atoms with Gasteiger partial charge in [0.2, 0.25) is 12.1 Å². The van der Waals surface area contributed by atoms with E-state index in [1.165, 1.54) is 44.9 Å². The number of allylic oxidation sites excluding steroid dienone is 1. The number of nitrogens with one attached hydrogen (secondary N) is 1. The first-order chi connectivity index (χ1) is 35.3. The Bertz CT molecular complexity index is 2090. The lowest BCUT2D eigenvalue weighted by Crippen LogP contribution is -2.70. The molecule has 1 unspecified atom stereocenters. The van der Waals surface area contributed by atoms with Crippen LogP contribution >= 0.6 is 0 Å². The van der Waals surface area contributed by atoms with Crippen LogP contribution in [0.2, 0.25) is 0 Å². The summed E-state index contributed by atoms with van der Waals surface area (Å²) in [5, 5.41) is 47.3. The van der Waals surface area contributed by atoms with Crippen molar-refractivity contribution in [3.63, 3.8) is 0 Å². The highest BCUT2D eigenvalue weighted by Gasteiger charge is 2.65. The van der Waals surface area contributed by atoms with E-state index in [2.05, 4.69) is 31.0 Å². The maximum absolute atomic E-state index is 15.2. The van der Waals surface area contributed by atoms with Crippen molar-refractivity contribution in [1.82, 2.24) is 10.2 Å². The summed E-state index contributed by atoms with van der Waals surface area (Å²) in [7, 11) is 0. The minimum Gasteiger partial charge on any atom is -0.459 e. The monoisotopic (exact) mass is 999 g/mol. The molecular formula is C57H82N4O11. The van der Waals surface area contributed by atoms with Crippen LogP contribution in [-0.4, -0.2) is 115 Å². The number of aliphatic hydroxyl groups excluding tert-OH is 3. The average molecular weight is 999 g/mol. The number of amides is 2. The number of nitrogens with zero attached hydrogens (tertiary/aromatic N) is 3. The van der Waals surface area contributed by atoms with Gasteiger partial charge in [-0.1, -0.05) is 94.9 Å². The minimum absolute atomic E-state index is 0.0144. The number of oxime groups is 1. The molecule has 15 heteroatoms. The number of rotatable bonds is 32. The van der Waals surface area contributed by atoms with Crippen LogP contribution in [0.4, 0.5) is 4.79 Å². The van der Waals surface area contributed by atoms with E-state index in [9.17, 15) is 25.4 Å². The van der Waals surface area contributed by atoms with Crippen molar-refractivity contribution in [1.29, 1.82) is 5.26 Å². The summed E-state index contributed by atoms with van der Waals surface area (Å²) in [4.78, 5) is 36.6. The van der Waals surface area contributed by atoms with E-state index in [4.69, 9.17) is 33.7 Å². The molecule has 15 nitrogen and oxygen atoms in total. The second-order valence-corrected chi connectivity index (χ2v) is 19.7. The summed E-state index contributed by atoms with van der Waals surface area (Å²) >= 11 is 0. The number of unbranched alkanes of at least 4 members (excludes halogenated alkanes) is 11. The van der Waals surface area contributed by atoms with Gasteiger partial charge in [-0.3, -0.25) is 4.79 Å². The van der Waals surface area contributed by atoms with Crippen LogP contribution < -0.4 is 14.8 Å². The third-order valence-electron chi connectivity index (χ3n) is 14.7. The smallest absolute Gasteiger partial charge is 0.412 e. The highest BCUT2D eigenvalue weighted by Crippen LogP contribution is 2.62. The number of fused-ring (bicyclic) bond motifs is 2. The number of hydrogen-bond acceptors (Lipinski definition) is 13. The van der Waals surface area contributed by atoms with Crippen LogP contribution in [0, 0.1) is 29.1 Å². The number of hydrogen-bond donors (Lipinski definition) is 4. The maximum atomic E-state index is 15.2. The summed E-state index contributed by atoms with van der Waals surface area (Å²) < 4.78 is 32.4. The predicted molar refractivity (Wildman–Crippen MR) is 276 cm³/mol. The Kier molecular flexibility index (Phi) is 23.8. The summed E-state index contributed by atoms with van der Waals surface area (Å²) in [6.07, 6.45) is 21.7. The van der Waals surface area contributed by atoms with Crippen molar-refractivity contribution >= 4 is 17.7 Å². The van der Waals surface area contributed by atoms with E-state index in [1.54, 1.807) is 41.3 Å². The van der Waals surface area contributed by atoms with Gasteiger partial charge in [0, 0.05) is 56.2 Å². The molecule has 0 spiro atoms. The van der Waals surface area contributed by atoms with Crippen LogP contribution in [0.25, 0.3) is 0 Å². The van der Waals surface area contributed by atoms with Crippen LogP contribution in [-0.2, 0) is 19.0 Å². The first-order valence-corrected chi connectivity index (χ1v) is 27.1. The van der Waals surface area contributed by atoms with Gasteiger partial charge in [0.1, 0.15) is 17.5 Å². The van der Waals surface area contributed by atoms with E-state index in [1.807, 2.05) is 12.1 Å². The van der Waals surface area contributed by atoms with Crippen molar-refractivity contribution in [3.8, 4) is 17.6 Å². The Morgan fingerprint density at radius 1 is 0.917 bits per heavy atom. The molecule has 7 atom stereocenters. The van der Waals surface area contributed by atoms with Gasteiger partial charge in [-0.2, -0.15) is 5.26 Å². The van der Waals surface area contributed by atoms with E-state index in [-0.39, 0.29) is 76.3 Å². The average Bonchev–Trinajstić information content (AvgIpc) is 3.40. The van der Waals surface area contributed by atoms with Crippen molar-refractivity contribution < 1.29 is 53.4 Å². The lowest BCUT2D eigenvalue weighted by atomic mass is 9.55. The molecule has 396 valence electrons. The van der Waals surface area contributed by atoms with Gasteiger partial charge in [-0.05, 0) is 105 Å². The SMILES string of the molecule is C=CCO[C@@]12Oc3ccc(OC(=O)NCCCCCCCCCCCC)cc3[C@H]3[C@H](CCCCO)[C@@H](CCCCO)C=C(C(=NOC4CCCCO4)C[C@@H]1N(CCOCCO)C(=O)c1ccc(C#N)cc1)[C@H]32. The molecule has 72 heavy (non-hydrogen) atoms. The lowest BCUT2D eigenvalue weighted by Gasteiger charge is -2.60. The van der Waals surface area contributed by atoms with Crippen LogP contribution in [0.5, 0.6) is 11.5 Å². The molecule has 2 amide bonds. The number of carbonyl (C=O) groups excluding carboxylic acids is 2. The van der Waals surface area contributed by atoms with Crippen molar-refractivity contribution in [2.75, 3.05) is 59.3 Å². The third kappa shape index (κ3) is 15.4. The second kappa shape index (κ2) is 30.4. The van der Waals surface area contributed by atoms with E-state index < -0.39 is 30.1 Å². The second-order valence-electron chi connectivity index (χ2n) is 19.7. The van der Waals surface area contributed by atoms with Gasteiger partial charge in [-0.25, -0.2) is 4.79 Å². The number of aliphatic hydroxyl groups is 3. The zero-order valence-electron chi connectivity index (χ0n) is 42.8. The quantitative estimate of drug-likeness (QED) is 0.0308. The first-order valence-electron chi connectivity index (χ1n) is 27.1. The van der Waals surface area contributed by atoms with E-state index in [0.29, 0.717) is 60.8 Å². The summed E-state index contributed by atoms with van der Waals surface area (Å²) in [6.45, 7) is 7.56. The summed E-state index contributed by atoms with van der Waals surface area (Å²) in [5.74, 6) is -2.07. The Morgan fingerprint density at radius 2 is 1.65 bits per heavy atom. The molecular weight excluding hydrogens is 917 g/mol. The normalized spacial score (nSPS) is 23.7. The fourth-order valence-corrected chi connectivity index (χ4v) is 11.2. The molecule has 2 aromatic carbocycles. The number of benzene rings is 2. The van der Waals surface area contributed by atoms with Gasteiger partial charge in [-0.15, -0.1) is 6.58 Å². The van der Waals surface area contributed by atoms with Gasteiger partial charge in [0.15, 0.2) is 0 Å². The summed E-state index contributed by atoms with van der Waals surface area (Å²) in [5.41, 5.74) is 3.04. The molecule has 4 aliphatic rings. The molecule has 0 radical (unpaired) electrons. The van der Waals surface area contributed by atoms with Crippen molar-refractivity contribution in [3.05, 3.63) is 83.5 Å². The Morgan fingerprint density at radius 3 is 2.33 bits per heavy atom. The first kappa shape index (κ1) is 56.5. The summed E-state index contributed by atoms with van der Waals surface area (Å²) in [6, 6.07) is 13.2. The predicted octanol–water partition coefficient (Wildman–Crippen LogP) is 9.88. The highest BCUT2D eigenvalue weighted by molar-refractivity contribution is 6.03. The standard InChI is InChI=1S/C57H82N4O11/c1-3-5-6-7-8-9-10-11-12-16-29-59-56(66)70-45-27-28-50-48(39-45)53-46(21-14-18-32-63)44(20-13-17-31-62)38-47-49(60-72-52-22-15-19-35-68-52)40-51(57(71-50,54(47)53)69-34-4-2)61(30-36-67-37-33-64)55(65)43-25-23-42(41-58)24-26-43/h4,23-28,38-39,44,46,51-54,62-64H,2-3,5-22,29-37,40H2,1H3,(H,59,66)/t44-,46+,51-,52?,53+,54+,57+/m0/s1. The molecule has 0 aromatic heterocycles. The largest absolute Gasteiger partial charge is 0.459 e. The van der Waals surface area contributed by atoms with Crippen LogP contribution in [0.15, 0.2) is 71.9 Å². The van der Waals surface area contributed by atoms with Crippen molar-refractivity contribution in [2.24, 2.45) is 22.9 Å². The third-order valence-corrected chi connectivity index (χ3v) is 14.7. The molecule has 2 aliphatic carbocycles.